The van der Waals surface area contributed by atoms with E-state index in [9.17, 15) is 9.18 Å². The van der Waals surface area contributed by atoms with E-state index in [0.717, 1.165) is 12.3 Å². The van der Waals surface area contributed by atoms with E-state index in [-0.39, 0.29) is 11.5 Å². The van der Waals surface area contributed by atoms with Crippen LogP contribution in [0.15, 0.2) is 23.1 Å². The van der Waals surface area contributed by atoms with Crippen molar-refractivity contribution in [1.82, 2.24) is 5.32 Å². The van der Waals surface area contributed by atoms with E-state index in [0.29, 0.717) is 11.4 Å². The normalized spacial score (nSPS) is 14.9. The molecule has 0 atom stereocenters. The van der Waals surface area contributed by atoms with Crippen LogP contribution >= 0.6 is 12.6 Å². The highest BCUT2D eigenvalue weighted by molar-refractivity contribution is 7.80. The van der Waals surface area contributed by atoms with Crippen LogP contribution in [0.4, 0.5) is 4.39 Å². The van der Waals surface area contributed by atoms with Gasteiger partial charge in [-0.15, -0.1) is 12.6 Å². The Morgan fingerprint density at radius 2 is 2.25 bits per heavy atom. The maximum Gasteiger partial charge on any atom is 0.254 e. The number of carbonyl (C=O) groups is 1. The van der Waals surface area contributed by atoms with Crippen molar-refractivity contribution < 1.29 is 9.18 Å². The van der Waals surface area contributed by atoms with Crippen LogP contribution in [0.5, 0.6) is 0 Å². The summed E-state index contributed by atoms with van der Waals surface area (Å²) in [4.78, 5) is 12.2. The van der Waals surface area contributed by atoms with Gasteiger partial charge in [0.25, 0.3) is 5.91 Å². The average Bonchev–Trinajstić information content (AvgIpc) is 3.05. The molecule has 1 aliphatic rings. The van der Waals surface area contributed by atoms with Crippen molar-refractivity contribution in [1.29, 1.82) is 0 Å². The molecule has 0 spiro atoms. The molecule has 1 aliphatic carbocycles. The smallest absolute Gasteiger partial charge is 0.254 e. The predicted octanol–water partition coefficient (Wildman–Crippen LogP) is 2.64. The van der Waals surface area contributed by atoms with E-state index in [2.05, 4.69) is 17.9 Å². The summed E-state index contributed by atoms with van der Waals surface area (Å²) < 4.78 is 13.3. The molecule has 4 heteroatoms. The van der Waals surface area contributed by atoms with E-state index in [1.54, 1.807) is 0 Å². The van der Waals surface area contributed by atoms with Gasteiger partial charge in [-0.1, -0.05) is 12.8 Å². The second-order valence-corrected chi connectivity index (χ2v) is 4.67. The van der Waals surface area contributed by atoms with Gasteiger partial charge in [-0.3, -0.25) is 4.79 Å². The first-order valence-electron chi connectivity index (χ1n) is 5.43. The molecule has 0 unspecified atom stereocenters. The molecular formula is C12H14FNOS. The van der Waals surface area contributed by atoms with Gasteiger partial charge < -0.3 is 5.32 Å². The first-order valence-corrected chi connectivity index (χ1v) is 5.88. The highest BCUT2D eigenvalue weighted by Gasteiger charge is 2.21. The maximum absolute atomic E-state index is 13.3. The minimum atomic E-state index is -0.498. The zero-order valence-electron chi connectivity index (χ0n) is 8.87. The fourth-order valence-electron chi connectivity index (χ4n) is 1.58. The Kier molecular flexibility index (Phi) is 3.49. The minimum absolute atomic E-state index is 0.0725. The number of nitrogens with one attached hydrogen (secondary N) is 1. The third kappa shape index (κ3) is 2.98. The summed E-state index contributed by atoms with van der Waals surface area (Å²) in [7, 11) is 0. The van der Waals surface area contributed by atoms with E-state index >= 15 is 0 Å². The summed E-state index contributed by atoms with van der Waals surface area (Å²) in [5.41, 5.74) is 0.0725. The van der Waals surface area contributed by atoms with Gasteiger partial charge in [0.1, 0.15) is 5.82 Å². The van der Waals surface area contributed by atoms with Gasteiger partial charge in [0.05, 0.1) is 5.56 Å². The molecule has 0 bridgehead atoms. The molecule has 0 radical (unpaired) electrons. The summed E-state index contributed by atoms with van der Waals surface area (Å²) in [5.74, 6) is -0.0860. The number of carbonyl (C=O) groups excluding carboxylic acids is 1. The monoisotopic (exact) mass is 239 g/mol. The lowest BCUT2D eigenvalue weighted by Crippen LogP contribution is -2.25. The number of hydrogen-bond donors (Lipinski definition) is 2. The van der Waals surface area contributed by atoms with Gasteiger partial charge in [0.15, 0.2) is 0 Å². The van der Waals surface area contributed by atoms with Crippen LogP contribution in [-0.2, 0) is 0 Å². The largest absolute Gasteiger partial charge is 0.352 e. The molecular weight excluding hydrogens is 225 g/mol. The Labute approximate surface area is 99.6 Å². The van der Waals surface area contributed by atoms with Crippen LogP contribution in [0.3, 0.4) is 0 Å². The molecule has 2 nitrogen and oxygen atoms in total. The molecule has 2 rings (SSSR count). The van der Waals surface area contributed by atoms with Crippen molar-refractivity contribution in [3.63, 3.8) is 0 Å². The lowest BCUT2D eigenvalue weighted by molar-refractivity contribution is 0.0948. The van der Waals surface area contributed by atoms with Crippen molar-refractivity contribution in [2.45, 2.75) is 24.2 Å². The zero-order valence-corrected chi connectivity index (χ0v) is 9.77. The Morgan fingerprint density at radius 3 is 2.94 bits per heavy atom. The van der Waals surface area contributed by atoms with Gasteiger partial charge in [-0.2, -0.15) is 0 Å². The molecule has 0 aliphatic heterocycles. The Morgan fingerprint density at radius 1 is 1.50 bits per heavy atom. The van der Waals surface area contributed by atoms with E-state index < -0.39 is 5.82 Å². The molecule has 0 saturated heterocycles. The van der Waals surface area contributed by atoms with Crippen LogP contribution in [-0.4, -0.2) is 12.5 Å². The molecule has 86 valence electrons. The van der Waals surface area contributed by atoms with Crippen LogP contribution in [0.1, 0.15) is 29.6 Å². The fraction of sp³-hybridized carbons (Fsp3) is 0.417. The lowest BCUT2D eigenvalue weighted by Gasteiger charge is -2.06. The van der Waals surface area contributed by atoms with E-state index in [1.165, 1.54) is 31.0 Å². The van der Waals surface area contributed by atoms with Crippen molar-refractivity contribution in [2.24, 2.45) is 5.92 Å². The molecule has 1 aromatic carbocycles. The average molecular weight is 239 g/mol. The standard InChI is InChI=1S/C12H14FNOS/c13-11-4-3-9(16)7-10(11)12(15)14-6-5-8-1-2-8/h3-4,7-8,16H,1-2,5-6H2,(H,14,15). The summed E-state index contributed by atoms with van der Waals surface area (Å²) in [6, 6.07) is 4.24. The number of halogens is 1. The molecule has 16 heavy (non-hydrogen) atoms. The Bertz CT molecular complexity index is 404. The highest BCUT2D eigenvalue weighted by atomic mass is 32.1. The summed E-state index contributed by atoms with van der Waals surface area (Å²) in [6.07, 6.45) is 3.51. The Balaban J connectivity index is 1.93. The molecule has 1 N–H and O–H groups in total. The molecule has 1 amide bonds. The van der Waals surface area contributed by atoms with Crippen LogP contribution < -0.4 is 5.32 Å². The summed E-state index contributed by atoms with van der Waals surface area (Å²) in [6.45, 7) is 0.625. The van der Waals surface area contributed by atoms with Gasteiger partial charge in [0, 0.05) is 11.4 Å². The quantitative estimate of drug-likeness (QED) is 0.777. The molecule has 0 heterocycles. The molecule has 1 saturated carbocycles. The van der Waals surface area contributed by atoms with Gasteiger partial charge in [0.2, 0.25) is 0 Å². The highest BCUT2D eigenvalue weighted by Crippen LogP contribution is 2.31. The van der Waals surface area contributed by atoms with Crippen molar-refractivity contribution >= 4 is 18.5 Å². The molecule has 1 aromatic rings. The number of benzene rings is 1. The number of rotatable bonds is 4. The number of amides is 1. The molecule has 1 fully saturated rings. The second kappa shape index (κ2) is 4.87. The van der Waals surface area contributed by atoms with Crippen LogP contribution in [0.25, 0.3) is 0 Å². The summed E-state index contributed by atoms with van der Waals surface area (Å²) in [5, 5.41) is 2.73. The van der Waals surface area contributed by atoms with Crippen molar-refractivity contribution in [3.05, 3.63) is 29.6 Å². The maximum atomic E-state index is 13.3. The topological polar surface area (TPSA) is 29.1 Å². The number of hydrogen-bond acceptors (Lipinski definition) is 2. The fourth-order valence-corrected chi connectivity index (χ4v) is 1.78. The van der Waals surface area contributed by atoms with E-state index in [4.69, 9.17) is 0 Å². The predicted molar refractivity (Wildman–Crippen MR) is 63.3 cm³/mol. The van der Waals surface area contributed by atoms with Gasteiger partial charge >= 0.3 is 0 Å². The number of thiol groups is 1. The third-order valence-electron chi connectivity index (χ3n) is 2.73. The van der Waals surface area contributed by atoms with Crippen LogP contribution in [0.2, 0.25) is 0 Å². The molecule has 0 aromatic heterocycles. The van der Waals surface area contributed by atoms with Crippen LogP contribution in [0, 0.1) is 11.7 Å². The van der Waals surface area contributed by atoms with Gasteiger partial charge in [-0.05, 0) is 30.5 Å². The first-order chi connectivity index (χ1) is 7.66. The summed E-state index contributed by atoms with van der Waals surface area (Å²) >= 11 is 4.08. The third-order valence-corrected chi connectivity index (χ3v) is 3.01. The lowest BCUT2D eigenvalue weighted by atomic mass is 10.2. The van der Waals surface area contributed by atoms with Gasteiger partial charge in [-0.25, -0.2) is 4.39 Å². The van der Waals surface area contributed by atoms with Crippen molar-refractivity contribution in [3.8, 4) is 0 Å². The van der Waals surface area contributed by atoms with Crippen molar-refractivity contribution in [2.75, 3.05) is 6.54 Å². The Hall–Kier alpha value is -1.03. The first kappa shape index (κ1) is 11.5. The zero-order chi connectivity index (χ0) is 11.5. The second-order valence-electron chi connectivity index (χ2n) is 4.15. The SMILES string of the molecule is O=C(NCCC1CC1)c1cc(S)ccc1F. The minimum Gasteiger partial charge on any atom is -0.352 e. The van der Waals surface area contributed by atoms with E-state index in [1.807, 2.05) is 0 Å².